The van der Waals surface area contributed by atoms with Crippen LogP contribution in [0, 0.1) is 18.7 Å². The average molecular weight is 392 g/mol. The Bertz CT molecular complexity index is 1040. The number of nitrogens with one attached hydrogen (secondary N) is 1. The van der Waals surface area contributed by atoms with Gasteiger partial charge in [-0.05, 0) is 48.9 Å². The van der Waals surface area contributed by atoms with E-state index in [4.69, 9.17) is 5.73 Å². The van der Waals surface area contributed by atoms with Gasteiger partial charge in [-0.3, -0.25) is 5.32 Å². The summed E-state index contributed by atoms with van der Waals surface area (Å²) in [4.78, 5) is 27.2. The highest BCUT2D eigenvalue weighted by molar-refractivity contribution is 5.92. The summed E-state index contributed by atoms with van der Waals surface area (Å²) in [6.45, 7) is 3.06. The minimum absolute atomic E-state index is 0.248. The third kappa shape index (κ3) is 4.16. The fourth-order valence-corrected chi connectivity index (χ4v) is 3.37. The SMILES string of the molecule is Cc1cc(F)ccc1-c1ccc(N)c(NC(=O)N2CC(Cc3ncccn3)C2)n1. The van der Waals surface area contributed by atoms with Crippen molar-refractivity contribution in [2.75, 3.05) is 24.1 Å². The molecular formula is C21H21FN6O. The zero-order chi connectivity index (χ0) is 20.4. The van der Waals surface area contributed by atoms with Gasteiger partial charge in [0.1, 0.15) is 11.6 Å². The number of nitrogen functional groups attached to an aromatic ring is 1. The quantitative estimate of drug-likeness (QED) is 0.710. The Balaban J connectivity index is 1.41. The van der Waals surface area contributed by atoms with Crippen molar-refractivity contribution in [1.29, 1.82) is 0 Å². The van der Waals surface area contributed by atoms with Crippen molar-refractivity contribution >= 4 is 17.5 Å². The van der Waals surface area contributed by atoms with Crippen LogP contribution in [0.25, 0.3) is 11.3 Å². The molecule has 0 bridgehead atoms. The van der Waals surface area contributed by atoms with Crippen LogP contribution in [0.2, 0.25) is 0 Å². The molecule has 2 amide bonds. The summed E-state index contributed by atoms with van der Waals surface area (Å²) in [5.41, 5.74) is 8.53. The summed E-state index contributed by atoms with van der Waals surface area (Å²) in [6, 6.07) is 9.47. The fourth-order valence-electron chi connectivity index (χ4n) is 3.37. The van der Waals surface area contributed by atoms with E-state index in [-0.39, 0.29) is 11.8 Å². The van der Waals surface area contributed by atoms with E-state index in [0.29, 0.717) is 36.2 Å². The molecule has 2 aromatic heterocycles. The second-order valence-electron chi connectivity index (χ2n) is 7.16. The lowest BCUT2D eigenvalue weighted by molar-refractivity contribution is 0.130. The highest BCUT2D eigenvalue weighted by Crippen LogP contribution is 2.27. The second kappa shape index (κ2) is 7.83. The largest absolute Gasteiger partial charge is 0.396 e. The van der Waals surface area contributed by atoms with E-state index in [1.807, 2.05) is 6.92 Å². The molecule has 0 spiro atoms. The lowest BCUT2D eigenvalue weighted by atomic mass is 9.96. The first kappa shape index (κ1) is 18.8. The number of hydrogen-bond donors (Lipinski definition) is 2. The standard InChI is InChI=1S/C21H21FN6O/c1-13-9-15(22)3-4-16(13)18-6-5-17(23)20(26-18)27-21(29)28-11-14(12-28)10-19-24-7-2-8-25-19/h2-9,14H,10-12,23H2,1H3,(H,26,27,29). The summed E-state index contributed by atoms with van der Waals surface area (Å²) < 4.78 is 13.4. The van der Waals surface area contributed by atoms with Gasteiger partial charge in [-0.15, -0.1) is 0 Å². The maximum Gasteiger partial charge on any atom is 0.323 e. The number of pyridine rings is 1. The first-order chi connectivity index (χ1) is 14.0. The summed E-state index contributed by atoms with van der Waals surface area (Å²) in [7, 11) is 0. The molecular weight excluding hydrogens is 371 g/mol. The van der Waals surface area contributed by atoms with Gasteiger partial charge >= 0.3 is 6.03 Å². The van der Waals surface area contributed by atoms with Crippen LogP contribution in [-0.4, -0.2) is 39.0 Å². The van der Waals surface area contributed by atoms with E-state index in [0.717, 1.165) is 23.4 Å². The van der Waals surface area contributed by atoms with Crippen molar-refractivity contribution in [3.63, 3.8) is 0 Å². The molecule has 0 radical (unpaired) electrons. The smallest absolute Gasteiger partial charge is 0.323 e. The molecule has 1 aliphatic heterocycles. The van der Waals surface area contributed by atoms with E-state index in [2.05, 4.69) is 20.3 Å². The number of amides is 2. The number of carbonyl (C=O) groups excluding carboxylic acids is 1. The topological polar surface area (TPSA) is 97.0 Å². The molecule has 1 aliphatic rings. The minimum atomic E-state index is -0.302. The number of nitrogens with zero attached hydrogens (tertiary/aromatic N) is 4. The number of likely N-dealkylation sites (tertiary alicyclic amines) is 1. The molecule has 3 aromatic rings. The normalized spacial score (nSPS) is 13.8. The molecule has 3 N–H and O–H groups in total. The predicted octanol–water partition coefficient (Wildman–Crippen LogP) is 3.27. The highest BCUT2D eigenvalue weighted by atomic mass is 19.1. The van der Waals surface area contributed by atoms with Gasteiger partial charge in [0.15, 0.2) is 5.82 Å². The molecule has 3 heterocycles. The first-order valence-electron chi connectivity index (χ1n) is 9.34. The maximum atomic E-state index is 13.4. The summed E-state index contributed by atoms with van der Waals surface area (Å²) in [5.74, 6) is 1.11. The molecule has 0 saturated carbocycles. The minimum Gasteiger partial charge on any atom is -0.396 e. The number of hydrogen-bond acceptors (Lipinski definition) is 5. The summed E-state index contributed by atoms with van der Waals surface area (Å²) in [5, 5.41) is 2.78. The number of aromatic nitrogens is 3. The third-order valence-corrected chi connectivity index (χ3v) is 4.95. The Morgan fingerprint density at radius 1 is 1.24 bits per heavy atom. The molecule has 4 rings (SSSR count). The number of rotatable bonds is 4. The molecule has 1 fully saturated rings. The van der Waals surface area contributed by atoms with Crippen LogP contribution in [-0.2, 0) is 6.42 Å². The first-order valence-corrected chi connectivity index (χ1v) is 9.34. The van der Waals surface area contributed by atoms with Crippen molar-refractivity contribution < 1.29 is 9.18 Å². The molecule has 1 saturated heterocycles. The Morgan fingerprint density at radius 2 is 2.00 bits per heavy atom. The molecule has 1 aromatic carbocycles. The number of urea groups is 1. The Morgan fingerprint density at radius 3 is 2.72 bits per heavy atom. The van der Waals surface area contributed by atoms with E-state index >= 15 is 0 Å². The van der Waals surface area contributed by atoms with Gasteiger partial charge in [0.2, 0.25) is 0 Å². The van der Waals surface area contributed by atoms with Gasteiger partial charge in [0.05, 0.1) is 11.4 Å². The lowest BCUT2D eigenvalue weighted by Gasteiger charge is -2.38. The van der Waals surface area contributed by atoms with Crippen LogP contribution in [0.4, 0.5) is 20.7 Å². The molecule has 0 unspecified atom stereocenters. The Kier molecular flexibility index (Phi) is 5.07. The van der Waals surface area contributed by atoms with Crippen molar-refractivity contribution in [1.82, 2.24) is 19.9 Å². The zero-order valence-corrected chi connectivity index (χ0v) is 16.0. The highest BCUT2D eigenvalue weighted by Gasteiger charge is 2.31. The molecule has 148 valence electrons. The van der Waals surface area contributed by atoms with Crippen molar-refractivity contribution in [3.05, 3.63) is 66.0 Å². The molecule has 7 nitrogen and oxygen atoms in total. The van der Waals surface area contributed by atoms with E-state index < -0.39 is 0 Å². The van der Waals surface area contributed by atoms with Crippen LogP contribution in [0.1, 0.15) is 11.4 Å². The second-order valence-corrected chi connectivity index (χ2v) is 7.16. The van der Waals surface area contributed by atoms with E-state index in [9.17, 15) is 9.18 Å². The average Bonchev–Trinajstić information content (AvgIpc) is 2.67. The van der Waals surface area contributed by atoms with Crippen LogP contribution in [0.5, 0.6) is 0 Å². The predicted molar refractivity (Wildman–Crippen MR) is 109 cm³/mol. The summed E-state index contributed by atoms with van der Waals surface area (Å²) >= 11 is 0. The van der Waals surface area contributed by atoms with Crippen molar-refractivity contribution in [2.24, 2.45) is 5.92 Å². The number of halogens is 1. The Hall–Kier alpha value is -3.55. The van der Waals surface area contributed by atoms with Gasteiger partial charge in [-0.25, -0.2) is 24.1 Å². The van der Waals surface area contributed by atoms with E-state index in [1.54, 1.807) is 41.6 Å². The van der Waals surface area contributed by atoms with Gasteiger partial charge in [-0.1, -0.05) is 0 Å². The van der Waals surface area contributed by atoms with Gasteiger partial charge in [-0.2, -0.15) is 0 Å². The molecule has 8 heteroatoms. The van der Waals surface area contributed by atoms with Crippen LogP contribution in [0.3, 0.4) is 0 Å². The molecule has 0 aliphatic carbocycles. The number of benzene rings is 1. The number of anilines is 2. The molecule has 29 heavy (non-hydrogen) atoms. The fraction of sp³-hybridized carbons (Fsp3) is 0.238. The zero-order valence-electron chi connectivity index (χ0n) is 16.0. The van der Waals surface area contributed by atoms with Gasteiger partial charge in [0.25, 0.3) is 0 Å². The van der Waals surface area contributed by atoms with E-state index in [1.165, 1.54) is 12.1 Å². The summed E-state index contributed by atoms with van der Waals surface area (Å²) in [6.07, 6.45) is 4.18. The Labute approximate surface area is 167 Å². The van der Waals surface area contributed by atoms with Crippen molar-refractivity contribution in [3.8, 4) is 11.3 Å². The number of aryl methyl sites for hydroxylation is 1. The molecule has 0 atom stereocenters. The van der Waals surface area contributed by atoms with Crippen LogP contribution < -0.4 is 11.1 Å². The van der Waals surface area contributed by atoms with Gasteiger partial charge < -0.3 is 10.6 Å². The number of nitrogens with two attached hydrogens (primary N) is 1. The monoisotopic (exact) mass is 392 g/mol. The number of carbonyl (C=O) groups is 1. The lowest BCUT2D eigenvalue weighted by Crippen LogP contribution is -2.52. The van der Waals surface area contributed by atoms with Crippen molar-refractivity contribution in [2.45, 2.75) is 13.3 Å². The maximum absolute atomic E-state index is 13.4. The van der Waals surface area contributed by atoms with Crippen LogP contribution >= 0.6 is 0 Å². The van der Waals surface area contributed by atoms with Crippen LogP contribution in [0.15, 0.2) is 48.8 Å². The third-order valence-electron chi connectivity index (χ3n) is 4.95. The van der Waals surface area contributed by atoms with Gasteiger partial charge in [0, 0.05) is 43.4 Å².